The van der Waals surface area contributed by atoms with E-state index >= 15 is 0 Å². The van der Waals surface area contributed by atoms with Crippen molar-refractivity contribution in [1.82, 2.24) is 29.1 Å². The first kappa shape index (κ1) is 30.2. The van der Waals surface area contributed by atoms with E-state index in [1.165, 1.54) is 26.9 Å². The Labute approximate surface area is 310 Å². The van der Waals surface area contributed by atoms with Gasteiger partial charge in [0.15, 0.2) is 11.6 Å². The summed E-state index contributed by atoms with van der Waals surface area (Å²) in [6.45, 7) is 0. The number of fused-ring (bicyclic) bond motifs is 7. The van der Waals surface area contributed by atoms with Crippen molar-refractivity contribution in [3.8, 4) is 45.8 Å². The lowest BCUT2D eigenvalue weighted by Gasteiger charge is -2.14. The van der Waals surface area contributed by atoms with Crippen LogP contribution in [0, 0.1) is 0 Å². The number of para-hydroxylation sites is 4. The summed E-state index contributed by atoms with van der Waals surface area (Å²) in [6, 6.07) is 63.2. The second-order valence-corrected chi connectivity index (χ2v) is 13.5. The summed E-state index contributed by atoms with van der Waals surface area (Å²) in [5.74, 6) is 2.62. The van der Waals surface area contributed by atoms with Gasteiger partial charge in [0.2, 0.25) is 0 Å². The molecule has 4 aromatic heterocycles. The van der Waals surface area contributed by atoms with Gasteiger partial charge in [-0.25, -0.2) is 19.9 Å². The Balaban J connectivity index is 1.23. The second kappa shape index (κ2) is 12.1. The Morgan fingerprint density at radius 3 is 1.31 bits per heavy atom. The highest BCUT2D eigenvalue weighted by atomic mass is 15.2. The van der Waals surface area contributed by atoms with Gasteiger partial charge in [0, 0.05) is 38.7 Å². The maximum absolute atomic E-state index is 5.38. The fourth-order valence-electron chi connectivity index (χ4n) is 7.88. The molecule has 0 fully saturated rings. The summed E-state index contributed by atoms with van der Waals surface area (Å²) in [7, 11) is 0. The average molecular weight is 691 g/mol. The molecule has 0 radical (unpaired) electrons. The summed E-state index contributed by atoms with van der Waals surface area (Å²) < 4.78 is 4.49. The second-order valence-electron chi connectivity index (χ2n) is 13.5. The zero-order valence-corrected chi connectivity index (χ0v) is 29.0. The minimum Gasteiger partial charge on any atom is -0.294 e. The Morgan fingerprint density at radius 2 is 0.759 bits per heavy atom. The van der Waals surface area contributed by atoms with Crippen molar-refractivity contribution in [2.75, 3.05) is 0 Å². The fraction of sp³-hybridized carbons (Fsp3) is 0. The standard InChI is InChI=1S/C48H30N6/c1-2-15-32(16-3-1)47-49-39(34-27-26-31-14-4-5-17-33(31)28-34)29-40(50-47)48-51-45(53-41-22-10-6-18-35(41)36-19-7-11-23-42(36)53)30-46(52-48)54-43-24-12-8-20-37(43)38-21-9-13-25-44(38)54/h1-30H. The smallest absolute Gasteiger partial charge is 0.182 e. The maximum Gasteiger partial charge on any atom is 0.182 e. The monoisotopic (exact) mass is 690 g/mol. The van der Waals surface area contributed by atoms with Crippen LogP contribution in [-0.2, 0) is 0 Å². The summed E-state index contributed by atoms with van der Waals surface area (Å²) in [4.78, 5) is 21.1. The third kappa shape index (κ3) is 4.81. The molecule has 0 aliphatic carbocycles. The Morgan fingerprint density at radius 1 is 0.296 bits per heavy atom. The van der Waals surface area contributed by atoms with Crippen LogP contribution >= 0.6 is 0 Å². The van der Waals surface area contributed by atoms with Crippen molar-refractivity contribution in [3.63, 3.8) is 0 Å². The third-order valence-electron chi connectivity index (χ3n) is 10.3. The van der Waals surface area contributed by atoms with E-state index in [4.69, 9.17) is 19.9 Å². The molecule has 6 heteroatoms. The van der Waals surface area contributed by atoms with E-state index in [0.29, 0.717) is 17.3 Å². The van der Waals surface area contributed by atoms with Gasteiger partial charge >= 0.3 is 0 Å². The van der Waals surface area contributed by atoms with E-state index in [9.17, 15) is 0 Å². The molecule has 4 heterocycles. The van der Waals surface area contributed by atoms with Crippen LogP contribution in [0.3, 0.4) is 0 Å². The Kier molecular flexibility index (Phi) is 6.75. The van der Waals surface area contributed by atoms with Gasteiger partial charge in [0.25, 0.3) is 0 Å². The summed E-state index contributed by atoms with van der Waals surface area (Å²) >= 11 is 0. The first-order valence-corrected chi connectivity index (χ1v) is 18.1. The molecule has 0 atom stereocenters. The minimum atomic E-state index is 0.507. The predicted octanol–water partition coefficient (Wildman–Crippen LogP) is 11.6. The number of nitrogens with zero attached hydrogens (tertiary/aromatic N) is 6. The third-order valence-corrected chi connectivity index (χ3v) is 10.3. The van der Waals surface area contributed by atoms with Gasteiger partial charge in [-0.2, -0.15) is 0 Å². The largest absolute Gasteiger partial charge is 0.294 e. The molecule has 0 saturated heterocycles. The zero-order chi connectivity index (χ0) is 35.6. The molecule has 11 rings (SSSR count). The molecule has 0 unspecified atom stereocenters. The molecule has 11 aromatic rings. The number of benzene rings is 7. The average Bonchev–Trinajstić information content (AvgIpc) is 3.77. The number of rotatable bonds is 5. The molecule has 54 heavy (non-hydrogen) atoms. The summed E-state index contributed by atoms with van der Waals surface area (Å²) in [5.41, 5.74) is 7.63. The van der Waals surface area contributed by atoms with E-state index in [-0.39, 0.29) is 0 Å². The van der Waals surface area contributed by atoms with Crippen molar-refractivity contribution in [3.05, 3.63) is 182 Å². The van der Waals surface area contributed by atoms with Gasteiger partial charge in [-0.1, -0.05) is 140 Å². The first-order valence-electron chi connectivity index (χ1n) is 18.1. The van der Waals surface area contributed by atoms with Crippen molar-refractivity contribution in [2.24, 2.45) is 0 Å². The molecule has 0 amide bonds. The lowest BCUT2D eigenvalue weighted by molar-refractivity contribution is 0.984. The molecule has 252 valence electrons. The quantitative estimate of drug-likeness (QED) is 0.180. The van der Waals surface area contributed by atoms with Crippen LogP contribution in [0.2, 0.25) is 0 Å². The predicted molar refractivity (Wildman–Crippen MR) is 220 cm³/mol. The molecule has 0 saturated carbocycles. The molecular formula is C48H30N6. The van der Waals surface area contributed by atoms with E-state index in [1.54, 1.807) is 0 Å². The SMILES string of the molecule is c1ccc(-c2nc(-c3ccc4ccccc4c3)cc(-c3nc(-n4c5ccccc5c5ccccc54)cc(-n4c5ccccc5c5ccccc54)n3)n2)cc1. The van der Waals surface area contributed by atoms with Crippen molar-refractivity contribution in [1.29, 1.82) is 0 Å². The molecule has 0 bridgehead atoms. The molecule has 6 nitrogen and oxygen atoms in total. The highest BCUT2D eigenvalue weighted by Crippen LogP contribution is 2.36. The van der Waals surface area contributed by atoms with Gasteiger partial charge in [-0.3, -0.25) is 9.13 Å². The number of aromatic nitrogens is 6. The van der Waals surface area contributed by atoms with Crippen LogP contribution in [0.5, 0.6) is 0 Å². The normalized spacial score (nSPS) is 11.7. The molecule has 0 spiro atoms. The number of hydrogen-bond acceptors (Lipinski definition) is 4. The first-order chi connectivity index (χ1) is 26.8. The van der Waals surface area contributed by atoms with Crippen molar-refractivity contribution >= 4 is 54.4 Å². The summed E-state index contributed by atoms with van der Waals surface area (Å²) in [5, 5.41) is 6.99. The van der Waals surface area contributed by atoms with Crippen LogP contribution in [0.15, 0.2) is 182 Å². The lowest BCUT2D eigenvalue weighted by Crippen LogP contribution is -2.07. The van der Waals surface area contributed by atoms with E-state index < -0.39 is 0 Å². The minimum absolute atomic E-state index is 0.507. The van der Waals surface area contributed by atoms with Crippen molar-refractivity contribution in [2.45, 2.75) is 0 Å². The van der Waals surface area contributed by atoms with Crippen LogP contribution in [-0.4, -0.2) is 29.1 Å². The molecular weight excluding hydrogens is 661 g/mol. The maximum atomic E-state index is 5.38. The van der Waals surface area contributed by atoms with Gasteiger partial charge in [-0.15, -0.1) is 0 Å². The zero-order valence-electron chi connectivity index (χ0n) is 29.0. The van der Waals surface area contributed by atoms with E-state index in [2.05, 4.69) is 155 Å². The van der Waals surface area contributed by atoms with Crippen LogP contribution < -0.4 is 0 Å². The van der Waals surface area contributed by atoms with Gasteiger partial charge in [-0.05, 0) is 47.2 Å². The number of hydrogen-bond donors (Lipinski definition) is 0. The molecule has 7 aromatic carbocycles. The Bertz CT molecular complexity index is 2990. The van der Waals surface area contributed by atoms with Gasteiger partial charge in [0.05, 0.1) is 27.8 Å². The van der Waals surface area contributed by atoms with E-state index in [1.807, 2.05) is 36.4 Å². The van der Waals surface area contributed by atoms with Crippen molar-refractivity contribution < 1.29 is 0 Å². The molecule has 0 N–H and O–H groups in total. The highest BCUT2D eigenvalue weighted by molar-refractivity contribution is 6.10. The van der Waals surface area contributed by atoms with Crippen LogP contribution in [0.25, 0.3) is 100 Å². The topological polar surface area (TPSA) is 61.4 Å². The van der Waals surface area contributed by atoms with Crippen LogP contribution in [0.1, 0.15) is 0 Å². The lowest BCUT2D eigenvalue weighted by atomic mass is 10.0. The van der Waals surface area contributed by atoms with E-state index in [0.717, 1.165) is 55.9 Å². The van der Waals surface area contributed by atoms with Crippen LogP contribution in [0.4, 0.5) is 0 Å². The molecule has 0 aliphatic rings. The molecule has 0 aliphatic heterocycles. The fourth-order valence-corrected chi connectivity index (χ4v) is 7.88. The highest BCUT2D eigenvalue weighted by Gasteiger charge is 2.21. The van der Waals surface area contributed by atoms with Gasteiger partial charge in [0.1, 0.15) is 17.3 Å². The summed E-state index contributed by atoms with van der Waals surface area (Å²) in [6.07, 6.45) is 0. The Hall–Kier alpha value is -7.44. The van der Waals surface area contributed by atoms with Gasteiger partial charge < -0.3 is 0 Å².